The number of benzene rings is 1. The van der Waals surface area contributed by atoms with Crippen molar-refractivity contribution in [1.82, 2.24) is 10.6 Å². The van der Waals surface area contributed by atoms with Crippen molar-refractivity contribution in [2.75, 3.05) is 13.1 Å². The largest absolute Gasteiger partial charge is 0.347 e. The molecule has 1 saturated heterocycles. The molecule has 1 heterocycles. The first-order chi connectivity index (χ1) is 13.5. The molecular weight excluding hydrogens is 392 g/mol. The van der Waals surface area contributed by atoms with Gasteiger partial charge in [-0.05, 0) is 100 Å². The van der Waals surface area contributed by atoms with Gasteiger partial charge >= 0.3 is 0 Å². The minimum Gasteiger partial charge on any atom is -0.347 e. The van der Waals surface area contributed by atoms with Crippen LogP contribution in [0, 0.1) is 17.8 Å². The number of rotatable bonds is 4. The van der Waals surface area contributed by atoms with Gasteiger partial charge in [-0.25, -0.2) is 0 Å². The number of hydrogen-bond acceptors (Lipinski definition) is 3. The molecular formula is C22H29ClN2O2S. The normalized spacial score (nSPS) is 35.7. The molecule has 6 rings (SSSR count). The topological polar surface area (TPSA) is 58.2 Å². The van der Waals surface area contributed by atoms with Crippen molar-refractivity contribution in [2.45, 2.75) is 67.1 Å². The molecule has 4 saturated carbocycles. The summed E-state index contributed by atoms with van der Waals surface area (Å²) in [4.78, 5) is 13.9. The first kappa shape index (κ1) is 19.1. The second kappa shape index (κ2) is 7.41. The maximum absolute atomic E-state index is 13.2. The van der Waals surface area contributed by atoms with E-state index in [4.69, 9.17) is 11.6 Å². The van der Waals surface area contributed by atoms with Crippen molar-refractivity contribution in [3.05, 3.63) is 28.8 Å². The highest BCUT2D eigenvalue weighted by Crippen LogP contribution is 2.55. The van der Waals surface area contributed by atoms with Crippen LogP contribution in [0.15, 0.2) is 23.1 Å². The monoisotopic (exact) mass is 420 g/mol. The van der Waals surface area contributed by atoms with Gasteiger partial charge in [0, 0.05) is 15.7 Å². The van der Waals surface area contributed by atoms with Gasteiger partial charge in [-0.3, -0.25) is 9.00 Å². The maximum Gasteiger partial charge on any atom is 0.253 e. The minimum atomic E-state index is -1.10. The zero-order chi connectivity index (χ0) is 19.3. The summed E-state index contributed by atoms with van der Waals surface area (Å²) < 4.78 is 13.0. The molecule has 5 aliphatic rings. The fraction of sp³-hybridized carbons (Fsp3) is 0.682. The van der Waals surface area contributed by atoms with Gasteiger partial charge in [0.15, 0.2) is 0 Å². The summed E-state index contributed by atoms with van der Waals surface area (Å²) in [6.07, 6.45) is 9.20. The zero-order valence-electron chi connectivity index (χ0n) is 16.2. The molecule has 1 aromatic carbocycles. The van der Waals surface area contributed by atoms with Crippen molar-refractivity contribution >= 4 is 28.3 Å². The number of halogens is 1. The second-order valence-corrected chi connectivity index (χ2v) is 11.7. The first-order valence-electron chi connectivity index (χ1n) is 10.7. The van der Waals surface area contributed by atoms with Crippen LogP contribution in [0.2, 0.25) is 5.02 Å². The van der Waals surface area contributed by atoms with Gasteiger partial charge < -0.3 is 10.6 Å². The Hall–Kier alpha value is -0.910. The molecule has 28 heavy (non-hydrogen) atoms. The molecule has 4 aliphatic carbocycles. The van der Waals surface area contributed by atoms with Crippen molar-refractivity contribution in [3.8, 4) is 0 Å². The van der Waals surface area contributed by atoms with E-state index in [9.17, 15) is 9.00 Å². The van der Waals surface area contributed by atoms with Crippen LogP contribution in [0.3, 0.4) is 0 Å². The Morgan fingerprint density at radius 2 is 1.68 bits per heavy atom. The van der Waals surface area contributed by atoms with Crippen LogP contribution >= 0.6 is 11.6 Å². The Labute approximate surface area is 174 Å². The lowest BCUT2D eigenvalue weighted by Gasteiger charge is -2.56. The molecule has 1 unspecified atom stereocenters. The van der Waals surface area contributed by atoms with E-state index in [0.717, 1.165) is 67.8 Å². The molecule has 4 nitrogen and oxygen atoms in total. The van der Waals surface area contributed by atoms with Crippen LogP contribution in [0.25, 0.3) is 0 Å². The summed E-state index contributed by atoms with van der Waals surface area (Å²) in [5, 5.41) is 7.31. The van der Waals surface area contributed by atoms with Gasteiger partial charge in [-0.2, -0.15) is 0 Å². The van der Waals surface area contributed by atoms with E-state index in [1.807, 2.05) is 6.07 Å². The quantitative estimate of drug-likeness (QED) is 0.776. The molecule has 5 fully saturated rings. The first-order valence-corrected chi connectivity index (χ1v) is 12.3. The van der Waals surface area contributed by atoms with E-state index in [0.29, 0.717) is 10.6 Å². The molecule has 6 heteroatoms. The fourth-order valence-electron chi connectivity index (χ4n) is 6.58. The highest BCUT2D eigenvalue weighted by atomic mass is 35.5. The Morgan fingerprint density at radius 3 is 2.29 bits per heavy atom. The number of carbonyl (C=O) groups excluding carboxylic acids is 1. The molecule has 0 radical (unpaired) electrons. The van der Waals surface area contributed by atoms with Gasteiger partial charge in [0.05, 0.1) is 21.4 Å². The molecule has 1 atom stereocenters. The van der Waals surface area contributed by atoms with E-state index in [2.05, 4.69) is 10.6 Å². The third-order valence-corrected chi connectivity index (χ3v) is 9.55. The molecule has 2 N–H and O–H groups in total. The lowest BCUT2D eigenvalue weighted by atomic mass is 9.53. The SMILES string of the molecule is O=C(NC12CC3CC(CC(C3)C1)C2)c1cc(S(=O)C2CCNCC2)ccc1Cl. The summed E-state index contributed by atoms with van der Waals surface area (Å²) in [7, 11) is -1.10. The highest BCUT2D eigenvalue weighted by molar-refractivity contribution is 7.85. The van der Waals surface area contributed by atoms with Gasteiger partial charge in [0.2, 0.25) is 0 Å². The Morgan fingerprint density at radius 1 is 1.07 bits per heavy atom. The van der Waals surface area contributed by atoms with E-state index >= 15 is 0 Å². The van der Waals surface area contributed by atoms with Gasteiger partial charge in [-0.15, -0.1) is 0 Å². The lowest BCUT2D eigenvalue weighted by molar-refractivity contribution is -0.0167. The summed E-state index contributed by atoms with van der Waals surface area (Å²) in [6, 6.07) is 5.34. The summed E-state index contributed by atoms with van der Waals surface area (Å²) >= 11 is 6.40. The lowest BCUT2D eigenvalue weighted by Crippen LogP contribution is -2.59. The third kappa shape index (κ3) is 3.54. The predicted octanol–water partition coefficient (Wildman–Crippen LogP) is 3.90. The van der Waals surface area contributed by atoms with Gasteiger partial charge in [0.1, 0.15) is 0 Å². The smallest absolute Gasteiger partial charge is 0.253 e. The number of carbonyl (C=O) groups is 1. The van der Waals surface area contributed by atoms with E-state index in [1.54, 1.807) is 12.1 Å². The average molecular weight is 421 g/mol. The third-order valence-electron chi connectivity index (χ3n) is 7.42. The molecule has 1 aromatic rings. The molecule has 4 bridgehead atoms. The Balaban J connectivity index is 1.35. The van der Waals surface area contributed by atoms with Crippen LogP contribution < -0.4 is 10.6 Å². The molecule has 0 spiro atoms. The number of piperidine rings is 1. The minimum absolute atomic E-state index is 0.0423. The van der Waals surface area contributed by atoms with Crippen molar-refractivity contribution in [2.24, 2.45) is 17.8 Å². The summed E-state index contributed by atoms with van der Waals surface area (Å²) in [5.41, 5.74) is 0.441. The number of hydrogen-bond donors (Lipinski definition) is 2. The standard InChI is InChI=1S/C22H29ClN2O2S/c23-20-2-1-18(28(27)17-3-5-24-6-4-17)10-19(20)21(26)25-22-11-14-7-15(12-22)9-16(8-14)13-22/h1-2,10,14-17,24H,3-9,11-13H2,(H,25,26). The van der Waals surface area contributed by atoms with E-state index in [-0.39, 0.29) is 16.7 Å². The van der Waals surface area contributed by atoms with Crippen LogP contribution in [0.1, 0.15) is 61.7 Å². The Bertz CT molecular complexity index is 770. The Kier molecular flexibility index (Phi) is 5.05. The maximum atomic E-state index is 13.2. The van der Waals surface area contributed by atoms with Gasteiger partial charge in [0.25, 0.3) is 5.91 Å². The molecule has 0 aromatic heterocycles. The van der Waals surface area contributed by atoms with Crippen LogP contribution in [0.4, 0.5) is 0 Å². The van der Waals surface area contributed by atoms with Crippen LogP contribution in [-0.4, -0.2) is 34.0 Å². The van der Waals surface area contributed by atoms with E-state index < -0.39 is 10.8 Å². The van der Waals surface area contributed by atoms with Gasteiger partial charge in [-0.1, -0.05) is 11.6 Å². The summed E-state index contributed by atoms with van der Waals surface area (Å²) in [5.74, 6) is 2.25. The van der Waals surface area contributed by atoms with Crippen molar-refractivity contribution in [3.63, 3.8) is 0 Å². The predicted molar refractivity (Wildman–Crippen MR) is 112 cm³/mol. The van der Waals surface area contributed by atoms with E-state index in [1.165, 1.54) is 19.3 Å². The number of nitrogens with one attached hydrogen (secondary N) is 2. The second-order valence-electron chi connectivity index (χ2n) is 9.54. The fourth-order valence-corrected chi connectivity index (χ4v) is 8.27. The number of amides is 1. The molecule has 152 valence electrons. The summed E-state index contributed by atoms with van der Waals surface area (Å²) in [6.45, 7) is 1.81. The highest BCUT2D eigenvalue weighted by Gasteiger charge is 2.51. The average Bonchev–Trinajstić information content (AvgIpc) is 2.67. The molecule has 1 amide bonds. The van der Waals surface area contributed by atoms with Crippen LogP contribution in [0.5, 0.6) is 0 Å². The molecule has 1 aliphatic heterocycles. The van der Waals surface area contributed by atoms with Crippen LogP contribution in [-0.2, 0) is 10.8 Å². The van der Waals surface area contributed by atoms with Crippen molar-refractivity contribution < 1.29 is 9.00 Å². The van der Waals surface area contributed by atoms with Crippen molar-refractivity contribution in [1.29, 1.82) is 0 Å². The zero-order valence-corrected chi connectivity index (χ0v) is 17.8.